The van der Waals surface area contributed by atoms with Crippen LogP contribution in [0.25, 0.3) is 11.4 Å². The van der Waals surface area contributed by atoms with Crippen LogP contribution in [-0.4, -0.2) is 10.1 Å². The van der Waals surface area contributed by atoms with Crippen LogP contribution in [0.3, 0.4) is 0 Å². The summed E-state index contributed by atoms with van der Waals surface area (Å²) < 4.78 is 11.6. The van der Waals surface area contributed by atoms with Crippen molar-refractivity contribution in [1.29, 1.82) is 0 Å². The highest BCUT2D eigenvalue weighted by atomic mass is 79.9. The summed E-state index contributed by atoms with van der Waals surface area (Å²) in [5, 5.41) is 4.45. The van der Waals surface area contributed by atoms with Crippen molar-refractivity contribution < 1.29 is 9.26 Å². The van der Waals surface area contributed by atoms with Gasteiger partial charge in [-0.3, -0.25) is 0 Å². The molecule has 0 atom stereocenters. The number of hydrogen-bond donors (Lipinski definition) is 0. The summed E-state index contributed by atoms with van der Waals surface area (Å²) in [6.45, 7) is 0.168. The molecular weight excluding hydrogens is 356 g/mol. The highest BCUT2D eigenvalue weighted by Gasteiger charge is 2.10. The van der Waals surface area contributed by atoms with Gasteiger partial charge in [0.15, 0.2) is 6.61 Å². The normalized spacial score (nSPS) is 10.6. The summed E-state index contributed by atoms with van der Waals surface area (Å²) in [5.74, 6) is 1.50. The van der Waals surface area contributed by atoms with Crippen molar-refractivity contribution in [2.45, 2.75) is 6.61 Å². The maximum absolute atomic E-state index is 6.08. The van der Waals surface area contributed by atoms with E-state index in [0.717, 1.165) is 10.0 Å². The average Bonchev–Trinajstić information content (AvgIpc) is 2.96. The van der Waals surface area contributed by atoms with E-state index in [0.29, 0.717) is 22.5 Å². The van der Waals surface area contributed by atoms with Crippen molar-refractivity contribution in [3.63, 3.8) is 0 Å². The van der Waals surface area contributed by atoms with Crippen LogP contribution >= 0.6 is 27.5 Å². The van der Waals surface area contributed by atoms with E-state index in [9.17, 15) is 0 Å². The zero-order valence-electron chi connectivity index (χ0n) is 10.8. The molecule has 0 fully saturated rings. The van der Waals surface area contributed by atoms with Crippen molar-refractivity contribution in [2.24, 2.45) is 0 Å². The molecule has 1 heterocycles. The molecule has 0 saturated heterocycles. The predicted molar refractivity (Wildman–Crippen MR) is 83.2 cm³/mol. The number of nitrogens with zero attached hydrogens (tertiary/aromatic N) is 2. The van der Waals surface area contributed by atoms with Crippen LogP contribution in [0.15, 0.2) is 57.5 Å². The molecule has 0 unspecified atom stereocenters. The number of hydrogen-bond acceptors (Lipinski definition) is 4. The highest BCUT2D eigenvalue weighted by molar-refractivity contribution is 9.10. The van der Waals surface area contributed by atoms with E-state index in [4.69, 9.17) is 20.9 Å². The third-order valence-corrected chi connectivity index (χ3v) is 3.53. The second-order valence-corrected chi connectivity index (χ2v) is 5.56. The maximum Gasteiger partial charge on any atom is 0.264 e. The molecule has 3 rings (SSSR count). The van der Waals surface area contributed by atoms with Gasteiger partial charge in [-0.05, 0) is 18.2 Å². The number of benzene rings is 2. The lowest BCUT2D eigenvalue weighted by atomic mass is 10.2. The van der Waals surface area contributed by atoms with E-state index in [1.807, 2.05) is 36.4 Å². The first kappa shape index (κ1) is 14.1. The first-order valence-corrected chi connectivity index (χ1v) is 7.35. The zero-order chi connectivity index (χ0) is 14.7. The van der Waals surface area contributed by atoms with Gasteiger partial charge >= 0.3 is 0 Å². The van der Waals surface area contributed by atoms with Crippen molar-refractivity contribution in [3.8, 4) is 17.1 Å². The largest absolute Gasteiger partial charge is 0.482 e. The molecule has 0 aliphatic rings. The fourth-order valence-electron chi connectivity index (χ4n) is 1.75. The van der Waals surface area contributed by atoms with Gasteiger partial charge in [-0.2, -0.15) is 4.98 Å². The van der Waals surface area contributed by atoms with Gasteiger partial charge in [-0.25, -0.2) is 0 Å². The molecule has 3 aromatic rings. The van der Waals surface area contributed by atoms with E-state index >= 15 is 0 Å². The Bertz CT molecular complexity index is 746. The monoisotopic (exact) mass is 364 g/mol. The van der Waals surface area contributed by atoms with Gasteiger partial charge in [-0.1, -0.05) is 63.0 Å². The number of ether oxygens (including phenoxy) is 1. The standard InChI is InChI=1S/C15H10BrClN2O2/c16-11-6-7-13(12(17)8-11)20-9-14-18-15(19-21-14)10-4-2-1-3-5-10/h1-8H,9H2. The molecule has 0 saturated carbocycles. The Labute approximate surface area is 134 Å². The molecule has 0 radical (unpaired) electrons. The molecule has 21 heavy (non-hydrogen) atoms. The Morgan fingerprint density at radius 1 is 1.14 bits per heavy atom. The average molecular weight is 366 g/mol. The minimum Gasteiger partial charge on any atom is -0.482 e. The second-order valence-electron chi connectivity index (χ2n) is 4.24. The Kier molecular flexibility index (Phi) is 4.22. The van der Waals surface area contributed by atoms with Gasteiger partial charge in [0.25, 0.3) is 5.89 Å². The maximum atomic E-state index is 6.08. The van der Waals surface area contributed by atoms with Crippen molar-refractivity contribution in [1.82, 2.24) is 10.1 Å². The van der Waals surface area contributed by atoms with Gasteiger partial charge in [-0.15, -0.1) is 0 Å². The van der Waals surface area contributed by atoms with Crippen LogP contribution in [0, 0.1) is 0 Å². The Hall–Kier alpha value is -1.85. The Morgan fingerprint density at radius 3 is 2.71 bits per heavy atom. The predicted octanol–water partition coefficient (Wildman–Crippen LogP) is 4.73. The van der Waals surface area contributed by atoms with Crippen LogP contribution in [0.5, 0.6) is 5.75 Å². The second kappa shape index (κ2) is 6.28. The van der Waals surface area contributed by atoms with E-state index in [-0.39, 0.29) is 6.61 Å². The minimum absolute atomic E-state index is 0.168. The van der Waals surface area contributed by atoms with E-state index < -0.39 is 0 Å². The topological polar surface area (TPSA) is 48.2 Å². The van der Waals surface area contributed by atoms with Gasteiger partial charge in [0.05, 0.1) is 5.02 Å². The highest BCUT2D eigenvalue weighted by Crippen LogP contribution is 2.28. The summed E-state index contributed by atoms with van der Waals surface area (Å²) >= 11 is 9.42. The lowest BCUT2D eigenvalue weighted by molar-refractivity contribution is 0.243. The quantitative estimate of drug-likeness (QED) is 0.670. The molecule has 0 aliphatic heterocycles. The number of halogens is 2. The van der Waals surface area contributed by atoms with Crippen LogP contribution in [0.2, 0.25) is 5.02 Å². The van der Waals surface area contributed by atoms with Crippen LogP contribution < -0.4 is 4.74 Å². The van der Waals surface area contributed by atoms with E-state index in [1.54, 1.807) is 12.1 Å². The van der Waals surface area contributed by atoms with Gasteiger partial charge in [0.1, 0.15) is 5.75 Å². The third kappa shape index (κ3) is 3.43. The summed E-state index contributed by atoms with van der Waals surface area (Å²) in [6, 6.07) is 15.0. The molecule has 0 aliphatic carbocycles. The minimum atomic E-state index is 0.168. The lowest BCUT2D eigenvalue weighted by Gasteiger charge is -2.05. The smallest absolute Gasteiger partial charge is 0.264 e. The molecule has 2 aromatic carbocycles. The Morgan fingerprint density at radius 2 is 1.95 bits per heavy atom. The Balaban J connectivity index is 1.70. The van der Waals surface area contributed by atoms with Crippen LogP contribution in [-0.2, 0) is 6.61 Å². The van der Waals surface area contributed by atoms with Crippen molar-refractivity contribution in [2.75, 3.05) is 0 Å². The van der Waals surface area contributed by atoms with Gasteiger partial charge in [0.2, 0.25) is 5.82 Å². The van der Waals surface area contributed by atoms with Gasteiger partial charge in [0, 0.05) is 10.0 Å². The first-order chi connectivity index (χ1) is 10.2. The molecule has 0 spiro atoms. The summed E-state index contributed by atoms with van der Waals surface area (Å²) in [5.41, 5.74) is 0.897. The molecule has 6 heteroatoms. The van der Waals surface area contributed by atoms with Crippen molar-refractivity contribution >= 4 is 27.5 Å². The third-order valence-electron chi connectivity index (χ3n) is 2.75. The zero-order valence-corrected chi connectivity index (χ0v) is 13.1. The summed E-state index contributed by atoms with van der Waals surface area (Å²) in [4.78, 5) is 4.29. The summed E-state index contributed by atoms with van der Waals surface area (Å²) in [6.07, 6.45) is 0. The van der Waals surface area contributed by atoms with Crippen LogP contribution in [0.4, 0.5) is 0 Å². The SMILES string of the molecule is Clc1cc(Br)ccc1OCc1nc(-c2ccccc2)no1. The van der Waals surface area contributed by atoms with Gasteiger partial charge < -0.3 is 9.26 Å². The van der Waals surface area contributed by atoms with Crippen molar-refractivity contribution in [3.05, 3.63) is 63.9 Å². The molecule has 1 aromatic heterocycles. The summed E-state index contributed by atoms with van der Waals surface area (Å²) in [7, 11) is 0. The molecule has 106 valence electrons. The molecular formula is C15H10BrClN2O2. The van der Waals surface area contributed by atoms with Crippen LogP contribution in [0.1, 0.15) is 5.89 Å². The number of rotatable bonds is 4. The first-order valence-electron chi connectivity index (χ1n) is 6.18. The molecule has 0 amide bonds. The van der Waals surface area contributed by atoms with E-state index in [1.165, 1.54) is 0 Å². The lowest BCUT2D eigenvalue weighted by Crippen LogP contribution is -1.96. The molecule has 4 nitrogen and oxygen atoms in total. The van der Waals surface area contributed by atoms with E-state index in [2.05, 4.69) is 26.1 Å². The molecule has 0 N–H and O–H groups in total. The number of aromatic nitrogens is 2. The fraction of sp³-hybridized carbons (Fsp3) is 0.0667. The molecule has 0 bridgehead atoms. The fourth-order valence-corrected chi connectivity index (χ4v) is 2.48.